The van der Waals surface area contributed by atoms with Gasteiger partial charge in [-0.2, -0.15) is 0 Å². The van der Waals surface area contributed by atoms with Crippen LogP contribution in [0.1, 0.15) is 20.3 Å². The van der Waals surface area contributed by atoms with E-state index in [0.717, 1.165) is 5.57 Å². The molecule has 1 aromatic carbocycles. The third kappa shape index (κ3) is 2.99. The van der Waals surface area contributed by atoms with Crippen molar-refractivity contribution in [2.75, 3.05) is 23.4 Å². The van der Waals surface area contributed by atoms with Gasteiger partial charge in [-0.3, -0.25) is 9.59 Å². The first-order valence-electron chi connectivity index (χ1n) is 6.52. The summed E-state index contributed by atoms with van der Waals surface area (Å²) in [5.41, 5.74) is 2.20. The zero-order valence-corrected chi connectivity index (χ0v) is 11.7. The summed E-state index contributed by atoms with van der Waals surface area (Å²) in [6.07, 6.45) is 0.405. The average Bonchev–Trinajstić information content (AvgIpc) is 2.41. The Morgan fingerprint density at radius 3 is 2.90 bits per heavy atom. The van der Waals surface area contributed by atoms with Crippen LogP contribution in [0, 0.1) is 0 Å². The van der Waals surface area contributed by atoms with Gasteiger partial charge in [-0.25, -0.2) is 0 Å². The molecule has 106 valence electrons. The Bertz CT molecular complexity index is 566. The largest absolute Gasteiger partial charge is 0.482 e. The zero-order valence-electron chi connectivity index (χ0n) is 11.7. The van der Waals surface area contributed by atoms with Gasteiger partial charge in [0.25, 0.3) is 5.91 Å². The molecular formula is C15H18N2O3. The molecule has 2 rings (SSSR count). The van der Waals surface area contributed by atoms with E-state index in [9.17, 15) is 9.59 Å². The molecule has 1 N–H and O–H groups in total. The highest BCUT2D eigenvalue weighted by Crippen LogP contribution is 2.34. The molecule has 0 unspecified atom stereocenters. The van der Waals surface area contributed by atoms with Crippen LogP contribution in [0.3, 0.4) is 0 Å². The molecule has 0 bridgehead atoms. The predicted molar refractivity (Wildman–Crippen MR) is 78.0 cm³/mol. The van der Waals surface area contributed by atoms with Crippen LogP contribution in [0.5, 0.6) is 5.75 Å². The molecule has 0 spiro atoms. The Balaban J connectivity index is 2.33. The van der Waals surface area contributed by atoms with Gasteiger partial charge >= 0.3 is 0 Å². The van der Waals surface area contributed by atoms with Crippen molar-refractivity contribution in [1.29, 1.82) is 0 Å². The van der Waals surface area contributed by atoms with Crippen LogP contribution in [-0.2, 0) is 9.59 Å². The third-order valence-electron chi connectivity index (χ3n) is 2.93. The zero-order chi connectivity index (χ0) is 14.7. The van der Waals surface area contributed by atoms with Crippen molar-refractivity contribution in [3.8, 4) is 5.75 Å². The van der Waals surface area contributed by atoms with Crippen LogP contribution < -0.4 is 15.0 Å². The summed E-state index contributed by atoms with van der Waals surface area (Å²) in [7, 11) is 0. The number of nitrogens with zero attached hydrogens (tertiary/aromatic N) is 1. The summed E-state index contributed by atoms with van der Waals surface area (Å²) >= 11 is 0. The van der Waals surface area contributed by atoms with E-state index in [4.69, 9.17) is 4.74 Å². The van der Waals surface area contributed by atoms with Crippen molar-refractivity contribution < 1.29 is 14.3 Å². The number of anilines is 2. The molecule has 5 nitrogen and oxygen atoms in total. The molecule has 0 fully saturated rings. The Labute approximate surface area is 118 Å². The fraction of sp³-hybridized carbons (Fsp3) is 0.333. The number of benzene rings is 1. The van der Waals surface area contributed by atoms with Crippen molar-refractivity contribution in [3.05, 3.63) is 30.4 Å². The lowest BCUT2D eigenvalue weighted by atomic mass is 10.2. The second kappa shape index (κ2) is 5.77. The summed E-state index contributed by atoms with van der Waals surface area (Å²) in [5, 5.41) is 2.78. The van der Waals surface area contributed by atoms with E-state index < -0.39 is 0 Å². The third-order valence-corrected chi connectivity index (χ3v) is 2.93. The van der Waals surface area contributed by atoms with Gasteiger partial charge in [0.15, 0.2) is 6.61 Å². The van der Waals surface area contributed by atoms with Gasteiger partial charge in [-0.05, 0) is 25.1 Å². The van der Waals surface area contributed by atoms with Crippen LogP contribution in [0.25, 0.3) is 0 Å². The van der Waals surface area contributed by atoms with Gasteiger partial charge in [0, 0.05) is 18.7 Å². The first-order chi connectivity index (χ1) is 9.51. The lowest BCUT2D eigenvalue weighted by molar-refractivity contribution is -0.121. The maximum absolute atomic E-state index is 12.0. The van der Waals surface area contributed by atoms with Crippen LogP contribution in [0.2, 0.25) is 0 Å². The number of rotatable bonds is 4. The second-order valence-electron chi connectivity index (χ2n) is 4.81. The number of fused-ring (bicyclic) bond motifs is 1. The first kappa shape index (κ1) is 14.1. The fourth-order valence-corrected chi connectivity index (χ4v) is 1.97. The number of nitrogens with one attached hydrogen (secondary N) is 1. The maximum atomic E-state index is 12.0. The van der Waals surface area contributed by atoms with E-state index in [1.165, 1.54) is 0 Å². The van der Waals surface area contributed by atoms with E-state index in [-0.39, 0.29) is 18.4 Å². The fourth-order valence-electron chi connectivity index (χ4n) is 1.97. The highest BCUT2D eigenvalue weighted by Gasteiger charge is 2.25. The lowest BCUT2D eigenvalue weighted by Gasteiger charge is -2.30. The number of carbonyl (C=O) groups is 2. The quantitative estimate of drug-likeness (QED) is 0.857. The monoisotopic (exact) mass is 274 g/mol. The number of hydrogen-bond acceptors (Lipinski definition) is 3. The lowest BCUT2D eigenvalue weighted by Crippen LogP contribution is -2.39. The standard InChI is InChI=1S/C15H18N2O3/c1-4-14(18)16-11-5-6-13-12(7-11)17(8-10(2)3)15(19)9-20-13/h5-7H,2,4,8-9H2,1,3H3,(H,16,18). The molecule has 0 atom stereocenters. The minimum Gasteiger partial charge on any atom is -0.482 e. The Morgan fingerprint density at radius 2 is 2.25 bits per heavy atom. The van der Waals surface area contributed by atoms with E-state index in [1.54, 1.807) is 30.0 Å². The molecule has 0 aliphatic carbocycles. The van der Waals surface area contributed by atoms with Gasteiger partial charge in [-0.1, -0.05) is 19.1 Å². The van der Waals surface area contributed by atoms with Gasteiger partial charge in [0.05, 0.1) is 5.69 Å². The molecule has 1 aliphatic rings. The van der Waals surface area contributed by atoms with Crippen molar-refractivity contribution >= 4 is 23.2 Å². The Morgan fingerprint density at radius 1 is 1.50 bits per heavy atom. The molecule has 0 aromatic heterocycles. The normalized spacial score (nSPS) is 13.5. The van der Waals surface area contributed by atoms with Gasteiger partial charge in [0.2, 0.25) is 5.91 Å². The van der Waals surface area contributed by atoms with Crippen molar-refractivity contribution in [2.45, 2.75) is 20.3 Å². The summed E-state index contributed by atoms with van der Waals surface area (Å²) in [4.78, 5) is 25.0. The highest BCUT2D eigenvalue weighted by molar-refractivity contribution is 5.99. The Hall–Kier alpha value is -2.30. The Kier molecular flexibility index (Phi) is 4.08. The molecular weight excluding hydrogens is 256 g/mol. The summed E-state index contributed by atoms with van der Waals surface area (Å²) in [6.45, 7) is 7.96. The molecule has 1 aliphatic heterocycles. The molecule has 1 aromatic rings. The second-order valence-corrected chi connectivity index (χ2v) is 4.81. The van der Waals surface area contributed by atoms with Crippen LogP contribution in [0.15, 0.2) is 30.4 Å². The minimum atomic E-state index is -0.112. The molecule has 2 amide bonds. The molecule has 0 saturated carbocycles. The van der Waals surface area contributed by atoms with Gasteiger partial charge in [0.1, 0.15) is 5.75 Å². The topological polar surface area (TPSA) is 58.6 Å². The minimum absolute atomic E-state index is 0.0287. The average molecular weight is 274 g/mol. The van der Waals surface area contributed by atoms with Crippen molar-refractivity contribution in [3.63, 3.8) is 0 Å². The smallest absolute Gasteiger partial charge is 0.265 e. The van der Waals surface area contributed by atoms with Gasteiger partial charge in [-0.15, -0.1) is 0 Å². The van der Waals surface area contributed by atoms with Gasteiger partial charge < -0.3 is 15.0 Å². The molecule has 0 saturated heterocycles. The van der Waals surface area contributed by atoms with Crippen LogP contribution in [0.4, 0.5) is 11.4 Å². The van der Waals surface area contributed by atoms with E-state index in [0.29, 0.717) is 30.1 Å². The predicted octanol–water partition coefficient (Wildman–Crippen LogP) is 2.34. The summed E-state index contributed by atoms with van der Waals surface area (Å²) in [6, 6.07) is 5.28. The number of amides is 2. The van der Waals surface area contributed by atoms with Crippen molar-refractivity contribution in [2.24, 2.45) is 0 Å². The number of hydrogen-bond donors (Lipinski definition) is 1. The number of carbonyl (C=O) groups excluding carboxylic acids is 2. The van der Waals surface area contributed by atoms with E-state index in [1.807, 2.05) is 6.92 Å². The first-order valence-corrected chi connectivity index (χ1v) is 6.52. The highest BCUT2D eigenvalue weighted by atomic mass is 16.5. The molecule has 0 radical (unpaired) electrons. The molecule has 1 heterocycles. The van der Waals surface area contributed by atoms with E-state index in [2.05, 4.69) is 11.9 Å². The van der Waals surface area contributed by atoms with E-state index >= 15 is 0 Å². The summed E-state index contributed by atoms with van der Waals surface area (Å²) < 4.78 is 5.40. The SMILES string of the molecule is C=C(C)CN1C(=O)COc2ccc(NC(=O)CC)cc21. The molecule has 20 heavy (non-hydrogen) atoms. The van der Waals surface area contributed by atoms with Crippen LogP contribution >= 0.6 is 0 Å². The maximum Gasteiger partial charge on any atom is 0.265 e. The summed E-state index contributed by atoms with van der Waals surface area (Å²) in [5.74, 6) is 0.458. The molecule has 5 heteroatoms. The van der Waals surface area contributed by atoms with Crippen molar-refractivity contribution in [1.82, 2.24) is 0 Å². The number of ether oxygens (including phenoxy) is 1. The van der Waals surface area contributed by atoms with Crippen LogP contribution in [-0.4, -0.2) is 25.0 Å².